The number of benzene rings is 1. The average molecular weight is 380 g/mol. The van der Waals surface area contributed by atoms with Crippen LogP contribution < -0.4 is 10.2 Å². The van der Waals surface area contributed by atoms with Gasteiger partial charge in [-0.1, -0.05) is 6.07 Å². The Morgan fingerprint density at radius 2 is 2.07 bits per heavy atom. The van der Waals surface area contributed by atoms with Gasteiger partial charge in [-0.25, -0.2) is 9.37 Å². The van der Waals surface area contributed by atoms with Gasteiger partial charge in [0.25, 0.3) is 0 Å². The highest BCUT2D eigenvalue weighted by Crippen LogP contribution is 2.19. The topological polar surface area (TPSA) is 59.6 Å². The number of H-pyrrole nitrogens is 1. The second-order valence-electron chi connectivity index (χ2n) is 6.89. The lowest BCUT2D eigenvalue weighted by Crippen LogP contribution is -2.53. The Morgan fingerprint density at radius 1 is 1.21 bits per heavy atom. The standard InChI is InChI=1S/C21H25FN6/c1-23-21(28-12-10-27(11-13-28)20-4-2-3-8-24-20)25-9-7-16-15-26-19-14-17(22)5-6-18(16)19/h2-6,8,14-15,26H,7,9-13H2,1H3,(H,23,25). The molecule has 0 bridgehead atoms. The number of aromatic nitrogens is 2. The van der Waals surface area contributed by atoms with Crippen molar-refractivity contribution in [2.75, 3.05) is 44.7 Å². The van der Waals surface area contributed by atoms with Gasteiger partial charge in [-0.15, -0.1) is 0 Å². The van der Waals surface area contributed by atoms with Crippen molar-refractivity contribution in [1.82, 2.24) is 20.2 Å². The Labute approximate surface area is 164 Å². The van der Waals surface area contributed by atoms with Gasteiger partial charge < -0.3 is 20.1 Å². The van der Waals surface area contributed by atoms with Gasteiger partial charge in [-0.2, -0.15) is 0 Å². The fourth-order valence-corrected chi connectivity index (χ4v) is 3.69. The molecular weight excluding hydrogens is 355 g/mol. The molecule has 2 N–H and O–H groups in total. The van der Waals surface area contributed by atoms with Crippen LogP contribution in [0.25, 0.3) is 10.9 Å². The maximum Gasteiger partial charge on any atom is 0.193 e. The molecule has 7 heteroatoms. The van der Waals surface area contributed by atoms with Crippen molar-refractivity contribution < 1.29 is 4.39 Å². The van der Waals surface area contributed by atoms with Gasteiger partial charge in [-0.3, -0.25) is 4.99 Å². The van der Waals surface area contributed by atoms with Crippen LogP contribution in [0.2, 0.25) is 0 Å². The molecule has 0 amide bonds. The molecule has 4 rings (SSSR count). The first-order valence-electron chi connectivity index (χ1n) is 9.61. The number of nitrogens with zero attached hydrogens (tertiary/aromatic N) is 4. The first kappa shape index (κ1) is 18.3. The van der Waals surface area contributed by atoms with Crippen molar-refractivity contribution in [3.63, 3.8) is 0 Å². The zero-order chi connectivity index (χ0) is 19.3. The zero-order valence-electron chi connectivity index (χ0n) is 16.0. The first-order chi connectivity index (χ1) is 13.7. The Hall–Kier alpha value is -3.09. The molecule has 146 valence electrons. The van der Waals surface area contributed by atoms with Crippen LogP contribution in [-0.4, -0.2) is 60.6 Å². The number of aromatic amines is 1. The molecule has 1 saturated heterocycles. The van der Waals surface area contributed by atoms with Crippen molar-refractivity contribution in [3.05, 3.63) is 60.2 Å². The summed E-state index contributed by atoms with van der Waals surface area (Å²) < 4.78 is 13.3. The number of rotatable bonds is 4. The molecule has 0 radical (unpaired) electrons. The van der Waals surface area contributed by atoms with Crippen LogP contribution in [0.3, 0.4) is 0 Å². The number of guanidine groups is 1. The lowest BCUT2D eigenvalue weighted by Gasteiger charge is -2.37. The van der Waals surface area contributed by atoms with E-state index in [1.165, 1.54) is 17.7 Å². The summed E-state index contributed by atoms with van der Waals surface area (Å²) >= 11 is 0. The minimum atomic E-state index is -0.218. The molecule has 3 heterocycles. The van der Waals surface area contributed by atoms with E-state index in [0.717, 1.165) is 61.8 Å². The maximum atomic E-state index is 13.3. The number of anilines is 1. The Balaban J connectivity index is 1.30. The lowest BCUT2D eigenvalue weighted by atomic mass is 10.1. The zero-order valence-corrected chi connectivity index (χ0v) is 16.0. The fourth-order valence-electron chi connectivity index (χ4n) is 3.69. The molecule has 0 atom stereocenters. The number of pyridine rings is 1. The van der Waals surface area contributed by atoms with Gasteiger partial charge in [0.15, 0.2) is 5.96 Å². The second kappa shape index (κ2) is 8.29. The lowest BCUT2D eigenvalue weighted by molar-refractivity contribution is 0.372. The summed E-state index contributed by atoms with van der Waals surface area (Å²) in [6.07, 6.45) is 4.64. The molecule has 1 aliphatic heterocycles. The van der Waals surface area contributed by atoms with Gasteiger partial charge in [0, 0.05) is 63.1 Å². The average Bonchev–Trinajstić information content (AvgIpc) is 3.14. The summed E-state index contributed by atoms with van der Waals surface area (Å²) in [7, 11) is 1.82. The van der Waals surface area contributed by atoms with Gasteiger partial charge in [0.05, 0.1) is 0 Å². The van der Waals surface area contributed by atoms with E-state index in [9.17, 15) is 4.39 Å². The summed E-state index contributed by atoms with van der Waals surface area (Å²) in [5.41, 5.74) is 2.02. The van der Waals surface area contributed by atoms with E-state index in [1.807, 2.05) is 37.6 Å². The highest BCUT2D eigenvalue weighted by Gasteiger charge is 2.20. The van der Waals surface area contributed by atoms with Crippen LogP contribution in [0.15, 0.2) is 53.8 Å². The van der Waals surface area contributed by atoms with Gasteiger partial charge in [0.2, 0.25) is 0 Å². The van der Waals surface area contributed by atoms with Crippen molar-refractivity contribution in [1.29, 1.82) is 0 Å². The van der Waals surface area contributed by atoms with Gasteiger partial charge in [0.1, 0.15) is 11.6 Å². The maximum absolute atomic E-state index is 13.3. The van der Waals surface area contributed by atoms with E-state index in [2.05, 4.69) is 36.1 Å². The quantitative estimate of drug-likeness (QED) is 0.540. The summed E-state index contributed by atoms with van der Waals surface area (Å²) in [6, 6.07) is 10.9. The largest absolute Gasteiger partial charge is 0.361 e. The van der Waals surface area contributed by atoms with Crippen LogP contribution in [0.5, 0.6) is 0 Å². The number of hydrogen-bond acceptors (Lipinski definition) is 3. The number of halogens is 1. The summed E-state index contributed by atoms with van der Waals surface area (Å²) in [5.74, 6) is 1.73. The molecule has 1 aromatic carbocycles. The van der Waals surface area contributed by atoms with Crippen molar-refractivity contribution >= 4 is 22.7 Å². The molecule has 0 unspecified atom stereocenters. The minimum Gasteiger partial charge on any atom is -0.361 e. The molecule has 0 spiro atoms. The van der Waals surface area contributed by atoms with Crippen LogP contribution >= 0.6 is 0 Å². The van der Waals surface area contributed by atoms with E-state index >= 15 is 0 Å². The predicted octanol–water partition coefficient (Wildman–Crippen LogP) is 2.64. The third kappa shape index (κ3) is 3.93. The number of nitrogens with one attached hydrogen (secondary N) is 2. The highest BCUT2D eigenvalue weighted by atomic mass is 19.1. The summed E-state index contributed by atoms with van der Waals surface area (Å²) in [5, 5.41) is 4.53. The van der Waals surface area contributed by atoms with E-state index in [4.69, 9.17) is 0 Å². The van der Waals surface area contributed by atoms with Gasteiger partial charge in [-0.05, 0) is 42.3 Å². The Morgan fingerprint density at radius 3 is 2.82 bits per heavy atom. The molecule has 1 aliphatic rings. The van der Waals surface area contributed by atoms with Crippen molar-refractivity contribution in [3.8, 4) is 0 Å². The smallest absolute Gasteiger partial charge is 0.193 e. The molecule has 3 aromatic rings. The third-order valence-electron chi connectivity index (χ3n) is 5.17. The Kier molecular flexibility index (Phi) is 5.41. The number of aliphatic imine (C=N–C) groups is 1. The van der Waals surface area contributed by atoms with Crippen molar-refractivity contribution in [2.24, 2.45) is 4.99 Å². The van der Waals surface area contributed by atoms with E-state index in [-0.39, 0.29) is 5.82 Å². The number of fused-ring (bicyclic) bond motifs is 1. The molecule has 6 nitrogen and oxygen atoms in total. The summed E-state index contributed by atoms with van der Waals surface area (Å²) in [6.45, 7) is 4.43. The number of hydrogen-bond donors (Lipinski definition) is 2. The first-order valence-corrected chi connectivity index (χ1v) is 9.61. The fraction of sp³-hybridized carbons (Fsp3) is 0.333. The van der Waals surface area contributed by atoms with Crippen LogP contribution in [0.1, 0.15) is 5.56 Å². The van der Waals surface area contributed by atoms with Crippen LogP contribution in [-0.2, 0) is 6.42 Å². The highest BCUT2D eigenvalue weighted by molar-refractivity contribution is 5.83. The second-order valence-corrected chi connectivity index (χ2v) is 6.89. The van der Waals surface area contributed by atoms with Crippen LogP contribution in [0.4, 0.5) is 10.2 Å². The van der Waals surface area contributed by atoms with Crippen LogP contribution in [0, 0.1) is 5.82 Å². The summed E-state index contributed by atoms with van der Waals surface area (Å²) in [4.78, 5) is 16.6. The minimum absolute atomic E-state index is 0.218. The molecule has 28 heavy (non-hydrogen) atoms. The van der Waals surface area contributed by atoms with E-state index in [1.54, 1.807) is 0 Å². The third-order valence-corrected chi connectivity index (χ3v) is 5.17. The molecule has 2 aromatic heterocycles. The SMILES string of the molecule is CN=C(NCCc1c[nH]c2cc(F)ccc12)N1CCN(c2ccccn2)CC1. The normalized spacial score (nSPS) is 15.3. The van der Waals surface area contributed by atoms with Crippen molar-refractivity contribution in [2.45, 2.75) is 6.42 Å². The van der Waals surface area contributed by atoms with E-state index < -0.39 is 0 Å². The van der Waals surface area contributed by atoms with Gasteiger partial charge >= 0.3 is 0 Å². The molecule has 0 saturated carbocycles. The molecular formula is C21H25FN6. The number of piperazine rings is 1. The monoisotopic (exact) mass is 380 g/mol. The molecule has 1 fully saturated rings. The predicted molar refractivity (Wildman–Crippen MR) is 111 cm³/mol. The van der Waals surface area contributed by atoms with E-state index in [0.29, 0.717) is 0 Å². The Bertz CT molecular complexity index is 944. The molecule has 0 aliphatic carbocycles.